The number of carboxylic acids is 1. The fourth-order valence-electron chi connectivity index (χ4n) is 3.54. The van der Waals surface area contributed by atoms with Crippen LogP contribution in [0.25, 0.3) is 0 Å². The zero-order valence-corrected chi connectivity index (χ0v) is 13.6. The van der Waals surface area contributed by atoms with Crippen LogP contribution in [0.5, 0.6) is 0 Å². The van der Waals surface area contributed by atoms with Crippen LogP contribution in [0.4, 0.5) is 0 Å². The van der Waals surface area contributed by atoms with Crippen molar-refractivity contribution in [2.45, 2.75) is 18.8 Å². The summed E-state index contributed by atoms with van der Waals surface area (Å²) >= 11 is 0. The zero-order chi connectivity index (χ0) is 16.1. The topological polar surface area (TPSA) is 53.0 Å². The number of carbonyl (C=O) groups is 1. The molecule has 2 aliphatic rings. The van der Waals surface area contributed by atoms with Gasteiger partial charge in [0.05, 0.1) is 18.8 Å². The highest BCUT2D eigenvalue weighted by Gasteiger charge is 2.22. The molecule has 2 heterocycles. The monoisotopic (exact) mass is 318 g/mol. The largest absolute Gasteiger partial charge is 0.478 e. The fraction of sp³-hybridized carbons (Fsp3) is 0.611. The van der Waals surface area contributed by atoms with E-state index in [2.05, 4.69) is 9.80 Å². The average Bonchev–Trinajstić information content (AvgIpc) is 2.61. The molecule has 2 aliphatic heterocycles. The lowest BCUT2D eigenvalue weighted by Gasteiger charge is -2.35. The van der Waals surface area contributed by atoms with E-state index in [-0.39, 0.29) is 0 Å². The number of rotatable bonds is 5. The Labute approximate surface area is 137 Å². The Morgan fingerprint density at radius 3 is 2.48 bits per heavy atom. The molecule has 0 amide bonds. The molecule has 1 N–H and O–H groups in total. The van der Waals surface area contributed by atoms with Crippen molar-refractivity contribution in [3.63, 3.8) is 0 Å². The lowest BCUT2D eigenvalue weighted by Crippen LogP contribution is -2.43. The molecular weight excluding hydrogens is 292 g/mol. The molecule has 0 unspecified atom stereocenters. The predicted octanol–water partition coefficient (Wildman–Crippen LogP) is 1.90. The number of morpholine rings is 1. The third-order valence-corrected chi connectivity index (χ3v) is 4.97. The molecule has 3 rings (SSSR count). The van der Waals surface area contributed by atoms with Crippen molar-refractivity contribution in [3.8, 4) is 0 Å². The first-order valence-corrected chi connectivity index (χ1v) is 8.58. The molecule has 0 aliphatic carbocycles. The Morgan fingerprint density at radius 1 is 1.09 bits per heavy atom. The van der Waals surface area contributed by atoms with E-state index in [1.807, 2.05) is 12.1 Å². The van der Waals surface area contributed by atoms with Crippen molar-refractivity contribution in [2.24, 2.45) is 0 Å². The predicted molar refractivity (Wildman–Crippen MR) is 89.1 cm³/mol. The molecular formula is C18H26N2O3. The molecule has 2 saturated heterocycles. The number of aromatic carboxylic acids is 1. The van der Waals surface area contributed by atoms with Crippen LogP contribution in [0.2, 0.25) is 0 Å². The Kier molecular flexibility index (Phi) is 5.65. The third kappa shape index (κ3) is 4.53. The van der Waals surface area contributed by atoms with Gasteiger partial charge in [-0.2, -0.15) is 0 Å². The van der Waals surface area contributed by atoms with Crippen LogP contribution in [-0.4, -0.2) is 73.4 Å². The van der Waals surface area contributed by atoms with Crippen LogP contribution in [0.15, 0.2) is 24.3 Å². The van der Waals surface area contributed by atoms with Gasteiger partial charge in [0.15, 0.2) is 0 Å². The maximum absolute atomic E-state index is 11.0. The van der Waals surface area contributed by atoms with Crippen LogP contribution < -0.4 is 0 Å². The molecule has 1 aromatic rings. The lowest BCUT2D eigenvalue weighted by atomic mass is 9.90. The van der Waals surface area contributed by atoms with Gasteiger partial charge in [-0.1, -0.05) is 12.1 Å². The van der Waals surface area contributed by atoms with E-state index in [4.69, 9.17) is 9.84 Å². The second kappa shape index (κ2) is 7.90. The summed E-state index contributed by atoms with van der Waals surface area (Å²) in [6.45, 7) is 8.31. The number of hydrogen-bond acceptors (Lipinski definition) is 4. The minimum atomic E-state index is -0.854. The molecule has 5 nitrogen and oxygen atoms in total. The molecule has 0 spiro atoms. The summed E-state index contributed by atoms with van der Waals surface area (Å²) < 4.78 is 5.40. The van der Waals surface area contributed by atoms with Crippen molar-refractivity contribution < 1.29 is 14.6 Å². The van der Waals surface area contributed by atoms with E-state index in [0.29, 0.717) is 11.5 Å². The van der Waals surface area contributed by atoms with E-state index in [1.165, 1.54) is 24.9 Å². The van der Waals surface area contributed by atoms with Crippen LogP contribution in [-0.2, 0) is 4.74 Å². The number of benzene rings is 1. The van der Waals surface area contributed by atoms with Gasteiger partial charge in [0.25, 0.3) is 0 Å². The van der Waals surface area contributed by atoms with Crippen molar-refractivity contribution in [1.29, 1.82) is 0 Å². The molecule has 23 heavy (non-hydrogen) atoms. The third-order valence-electron chi connectivity index (χ3n) is 4.97. The Bertz CT molecular complexity index is 512. The summed E-state index contributed by atoms with van der Waals surface area (Å²) in [7, 11) is 0. The van der Waals surface area contributed by atoms with E-state index < -0.39 is 5.97 Å². The van der Waals surface area contributed by atoms with Crippen molar-refractivity contribution in [2.75, 3.05) is 52.5 Å². The molecule has 0 saturated carbocycles. The van der Waals surface area contributed by atoms with E-state index in [1.54, 1.807) is 12.1 Å². The smallest absolute Gasteiger partial charge is 0.335 e. The first-order valence-electron chi connectivity index (χ1n) is 8.58. The van der Waals surface area contributed by atoms with Gasteiger partial charge < -0.3 is 14.7 Å². The summed E-state index contributed by atoms with van der Waals surface area (Å²) in [6.07, 6.45) is 2.41. The molecule has 0 radical (unpaired) electrons. The van der Waals surface area contributed by atoms with Crippen molar-refractivity contribution in [1.82, 2.24) is 9.80 Å². The summed E-state index contributed by atoms with van der Waals surface area (Å²) in [4.78, 5) is 16.0. The van der Waals surface area contributed by atoms with Gasteiger partial charge in [0, 0.05) is 32.7 Å². The fourth-order valence-corrected chi connectivity index (χ4v) is 3.54. The highest BCUT2D eigenvalue weighted by Crippen LogP contribution is 2.27. The maximum Gasteiger partial charge on any atom is 0.335 e. The SMILES string of the molecule is O=C(O)c1ccc([C@@H]2CCCN(CCN3CCOCC3)C2)cc1. The van der Waals surface area contributed by atoms with Gasteiger partial charge in [0.2, 0.25) is 0 Å². The Balaban J connectivity index is 1.52. The van der Waals surface area contributed by atoms with Gasteiger partial charge in [-0.3, -0.25) is 4.90 Å². The van der Waals surface area contributed by atoms with Gasteiger partial charge >= 0.3 is 5.97 Å². The van der Waals surface area contributed by atoms with Crippen molar-refractivity contribution in [3.05, 3.63) is 35.4 Å². The van der Waals surface area contributed by atoms with E-state index in [9.17, 15) is 4.79 Å². The van der Waals surface area contributed by atoms with Gasteiger partial charge in [-0.15, -0.1) is 0 Å². The summed E-state index contributed by atoms with van der Waals surface area (Å²) in [5.74, 6) is -0.330. The average molecular weight is 318 g/mol. The summed E-state index contributed by atoms with van der Waals surface area (Å²) in [5, 5.41) is 9.00. The molecule has 2 fully saturated rings. The molecule has 0 bridgehead atoms. The van der Waals surface area contributed by atoms with Gasteiger partial charge in [-0.25, -0.2) is 4.79 Å². The first kappa shape index (κ1) is 16.4. The van der Waals surface area contributed by atoms with Crippen LogP contribution in [0.3, 0.4) is 0 Å². The lowest BCUT2D eigenvalue weighted by molar-refractivity contribution is 0.0319. The minimum Gasteiger partial charge on any atom is -0.478 e. The number of carboxylic acid groups (broad SMARTS) is 1. The molecule has 1 atom stereocenters. The minimum absolute atomic E-state index is 0.369. The van der Waals surface area contributed by atoms with E-state index in [0.717, 1.165) is 45.9 Å². The van der Waals surface area contributed by atoms with Crippen LogP contribution >= 0.6 is 0 Å². The summed E-state index contributed by atoms with van der Waals surface area (Å²) in [5.41, 5.74) is 1.64. The number of piperidine rings is 1. The Hall–Kier alpha value is -1.43. The molecule has 5 heteroatoms. The molecule has 1 aromatic carbocycles. The Morgan fingerprint density at radius 2 is 1.78 bits per heavy atom. The second-order valence-electron chi connectivity index (χ2n) is 6.52. The zero-order valence-electron chi connectivity index (χ0n) is 13.6. The molecule has 0 aromatic heterocycles. The number of ether oxygens (including phenoxy) is 1. The number of likely N-dealkylation sites (tertiary alicyclic amines) is 1. The van der Waals surface area contributed by atoms with Gasteiger partial charge in [0.1, 0.15) is 0 Å². The maximum atomic E-state index is 11.0. The number of hydrogen-bond donors (Lipinski definition) is 1. The highest BCUT2D eigenvalue weighted by atomic mass is 16.5. The van der Waals surface area contributed by atoms with Crippen molar-refractivity contribution >= 4 is 5.97 Å². The van der Waals surface area contributed by atoms with Gasteiger partial charge in [-0.05, 0) is 43.0 Å². The first-order chi connectivity index (χ1) is 11.2. The van der Waals surface area contributed by atoms with Crippen LogP contribution in [0.1, 0.15) is 34.7 Å². The summed E-state index contributed by atoms with van der Waals surface area (Å²) in [6, 6.07) is 7.42. The highest BCUT2D eigenvalue weighted by molar-refractivity contribution is 5.87. The number of nitrogens with zero attached hydrogens (tertiary/aromatic N) is 2. The van der Waals surface area contributed by atoms with Crippen LogP contribution in [0, 0.1) is 0 Å². The molecule has 126 valence electrons. The van der Waals surface area contributed by atoms with E-state index >= 15 is 0 Å². The quantitative estimate of drug-likeness (QED) is 0.898. The normalized spacial score (nSPS) is 23.7. The second-order valence-corrected chi connectivity index (χ2v) is 6.52. The standard InChI is InChI=1S/C18H26N2O3/c21-18(22)16-5-3-15(4-6-16)17-2-1-7-20(14-17)9-8-19-10-12-23-13-11-19/h3-6,17H,1-2,7-14H2,(H,21,22)/t17-/m1/s1.